The summed E-state index contributed by atoms with van der Waals surface area (Å²) < 4.78 is 0. The van der Waals surface area contributed by atoms with Crippen molar-refractivity contribution in [3.8, 4) is 0 Å². The van der Waals surface area contributed by atoms with Gasteiger partial charge in [-0.3, -0.25) is 0 Å². The Morgan fingerprint density at radius 3 is 2.16 bits per heavy atom. The first-order valence-corrected chi connectivity index (χ1v) is 8.69. The van der Waals surface area contributed by atoms with Crippen molar-refractivity contribution < 1.29 is 0 Å². The Morgan fingerprint density at radius 1 is 0.842 bits per heavy atom. The molecule has 116 valence electrons. The zero-order valence-corrected chi connectivity index (χ0v) is 13.7. The molecule has 0 rings (SSSR count). The number of nitrogens with one attached hydrogen (secondary N) is 1. The Hall–Kier alpha value is -0.0800. The van der Waals surface area contributed by atoms with Crippen molar-refractivity contribution in [1.82, 2.24) is 5.32 Å². The van der Waals surface area contributed by atoms with Crippen molar-refractivity contribution in [2.75, 3.05) is 19.6 Å². The van der Waals surface area contributed by atoms with Crippen LogP contribution in [0.4, 0.5) is 0 Å². The molecule has 0 saturated carbocycles. The van der Waals surface area contributed by atoms with Gasteiger partial charge in [0.2, 0.25) is 0 Å². The molecule has 0 heterocycles. The average Bonchev–Trinajstić information content (AvgIpc) is 2.42. The standard InChI is InChI=1S/C17H38N2/c1-4-7-10-16(6-3)15-19-14-8-11-17(9-5-2)12-13-18/h16-17,19H,4-15,18H2,1-3H3. The first-order valence-electron chi connectivity index (χ1n) is 8.69. The first kappa shape index (κ1) is 18.9. The smallest absolute Gasteiger partial charge is 0.00206 e. The zero-order chi connectivity index (χ0) is 14.3. The lowest BCUT2D eigenvalue weighted by Gasteiger charge is -2.17. The fourth-order valence-electron chi connectivity index (χ4n) is 2.84. The Morgan fingerprint density at radius 2 is 1.58 bits per heavy atom. The van der Waals surface area contributed by atoms with Crippen LogP contribution in [-0.2, 0) is 0 Å². The van der Waals surface area contributed by atoms with Crippen LogP contribution in [0, 0.1) is 11.8 Å². The molecule has 0 aromatic heterocycles. The van der Waals surface area contributed by atoms with Crippen LogP contribution in [-0.4, -0.2) is 19.6 Å². The molecule has 0 saturated heterocycles. The van der Waals surface area contributed by atoms with Crippen molar-refractivity contribution in [2.45, 2.75) is 78.6 Å². The van der Waals surface area contributed by atoms with Gasteiger partial charge < -0.3 is 11.1 Å². The van der Waals surface area contributed by atoms with Gasteiger partial charge in [-0.05, 0) is 57.2 Å². The van der Waals surface area contributed by atoms with E-state index in [1.54, 1.807) is 0 Å². The maximum absolute atomic E-state index is 5.68. The Balaban J connectivity index is 3.54. The lowest BCUT2D eigenvalue weighted by Crippen LogP contribution is -2.24. The Kier molecular flexibility index (Phi) is 14.3. The molecule has 0 aliphatic carbocycles. The maximum Gasteiger partial charge on any atom is -0.00206 e. The van der Waals surface area contributed by atoms with Gasteiger partial charge in [-0.25, -0.2) is 0 Å². The van der Waals surface area contributed by atoms with E-state index in [2.05, 4.69) is 26.1 Å². The maximum atomic E-state index is 5.68. The number of rotatable bonds is 14. The van der Waals surface area contributed by atoms with Gasteiger partial charge in [0.15, 0.2) is 0 Å². The van der Waals surface area contributed by atoms with Crippen LogP contribution in [0.2, 0.25) is 0 Å². The van der Waals surface area contributed by atoms with Crippen LogP contribution in [0.5, 0.6) is 0 Å². The van der Waals surface area contributed by atoms with Crippen LogP contribution < -0.4 is 11.1 Å². The van der Waals surface area contributed by atoms with Crippen LogP contribution >= 0.6 is 0 Å². The van der Waals surface area contributed by atoms with Gasteiger partial charge in [-0.2, -0.15) is 0 Å². The summed E-state index contributed by atoms with van der Waals surface area (Å²) in [5.74, 6) is 1.74. The summed E-state index contributed by atoms with van der Waals surface area (Å²) >= 11 is 0. The molecule has 19 heavy (non-hydrogen) atoms. The molecule has 0 aliphatic heterocycles. The highest BCUT2D eigenvalue weighted by atomic mass is 14.8. The predicted octanol–water partition coefficient (Wildman–Crippen LogP) is 4.34. The molecule has 0 aliphatic rings. The largest absolute Gasteiger partial charge is 0.330 e. The van der Waals surface area contributed by atoms with Gasteiger partial charge in [0, 0.05) is 0 Å². The van der Waals surface area contributed by atoms with Gasteiger partial charge in [-0.15, -0.1) is 0 Å². The molecule has 2 nitrogen and oxygen atoms in total. The van der Waals surface area contributed by atoms with Crippen LogP contribution in [0.15, 0.2) is 0 Å². The van der Waals surface area contributed by atoms with Crippen molar-refractivity contribution in [3.63, 3.8) is 0 Å². The first-order chi connectivity index (χ1) is 9.28. The SMILES string of the molecule is CCCCC(CC)CNCCCC(CCC)CCN. The van der Waals surface area contributed by atoms with Crippen molar-refractivity contribution >= 4 is 0 Å². The van der Waals surface area contributed by atoms with Gasteiger partial charge >= 0.3 is 0 Å². The molecule has 2 heteroatoms. The summed E-state index contributed by atoms with van der Waals surface area (Å²) in [6.45, 7) is 10.1. The summed E-state index contributed by atoms with van der Waals surface area (Å²) in [6, 6.07) is 0. The number of unbranched alkanes of at least 4 members (excludes halogenated alkanes) is 1. The highest BCUT2D eigenvalue weighted by Gasteiger charge is 2.07. The average molecular weight is 271 g/mol. The predicted molar refractivity (Wildman–Crippen MR) is 87.5 cm³/mol. The van der Waals surface area contributed by atoms with Crippen molar-refractivity contribution in [2.24, 2.45) is 17.6 Å². The van der Waals surface area contributed by atoms with E-state index in [4.69, 9.17) is 5.73 Å². The summed E-state index contributed by atoms with van der Waals surface area (Å²) in [7, 11) is 0. The molecule has 0 fully saturated rings. The molecule has 2 atom stereocenters. The fraction of sp³-hybridized carbons (Fsp3) is 1.00. The van der Waals surface area contributed by atoms with Crippen LogP contribution in [0.1, 0.15) is 78.6 Å². The van der Waals surface area contributed by atoms with E-state index < -0.39 is 0 Å². The molecule has 0 spiro atoms. The quantitative estimate of drug-likeness (QED) is 0.461. The summed E-state index contributed by atoms with van der Waals surface area (Å²) in [6.07, 6.45) is 12.0. The molecule has 3 N–H and O–H groups in total. The van der Waals surface area contributed by atoms with Gasteiger partial charge in [-0.1, -0.05) is 52.9 Å². The minimum atomic E-state index is 0.854. The van der Waals surface area contributed by atoms with E-state index in [0.29, 0.717) is 0 Å². The second kappa shape index (κ2) is 14.3. The van der Waals surface area contributed by atoms with Crippen molar-refractivity contribution in [3.05, 3.63) is 0 Å². The molecular formula is C17H38N2. The van der Waals surface area contributed by atoms with Crippen LogP contribution in [0.25, 0.3) is 0 Å². The van der Waals surface area contributed by atoms with E-state index in [0.717, 1.165) is 18.4 Å². The molecule has 0 bridgehead atoms. The van der Waals surface area contributed by atoms with Gasteiger partial charge in [0.05, 0.1) is 0 Å². The third-order valence-corrected chi connectivity index (χ3v) is 4.21. The number of nitrogens with two attached hydrogens (primary N) is 1. The van der Waals surface area contributed by atoms with Gasteiger partial charge in [0.1, 0.15) is 0 Å². The monoisotopic (exact) mass is 270 g/mol. The third-order valence-electron chi connectivity index (χ3n) is 4.21. The molecule has 0 aromatic carbocycles. The van der Waals surface area contributed by atoms with Crippen LogP contribution in [0.3, 0.4) is 0 Å². The topological polar surface area (TPSA) is 38.0 Å². The Labute approximate surface area is 121 Å². The lowest BCUT2D eigenvalue weighted by molar-refractivity contribution is 0.385. The molecular weight excluding hydrogens is 232 g/mol. The second-order valence-corrected chi connectivity index (χ2v) is 5.99. The number of hydrogen-bond acceptors (Lipinski definition) is 2. The van der Waals surface area contributed by atoms with Gasteiger partial charge in [0.25, 0.3) is 0 Å². The van der Waals surface area contributed by atoms with E-state index in [1.807, 2.05) is 0 Å². The van der Waals surface area contributed by atoms with E-state index >= 15 is 0 Å². The van der Waals surface area contributed by atoms with E-state index in [9.17, 15) is 0 Å². The minimum Gasteiger partial charge on any atom is -0.330 e. The summed E-state index contributed by atoms with van der Waals surface area (Å²) in [4.78, 5) is 0. The molecule has 0 aromatic rings. The van der Waals surface area contributed by atoms with Crippen molar-refractivity contribution in [1.29, 1.82) is 0 Å². The van der Waals surface area contributed by atoms with E-state index in [-0.39, 0.29) is 0 Å². The fourth-order valence-corrected chi connectivity index (χ4v) is 2.84. The highest BCUT2D eigenvalue weighted by Crippen LogP contribution is 2.16. The summed E-state index contributed by atoms with van der Waals surface area (Å²) in [5, 5.41) is 3.65. The Bertz CT molecular complexity index is 165. The summed E-state index contributed by atoms with van der Waals surface area (Å²) in [5.41, 5.74) is 5.68. The second-order valence-electron chi connectivity index (χ2n) is 5.99. The lowest BCUT2D eigenvalue weighted by atomic mass is 9.94. The molecule has 2 unspecified atom stereocenters. The zero-order valence-electron chi connectivity index (χ0n) is 13.7. The third kappa shape index (κ3) is 11.4. The molecule has 0 radical (unpaired) electrons. The minimum absolute atomic E-state index is 0.854. The number of hydrogen-bond donors (Lipinski definition) is 2. The molecule has 0 amide bonds. The normalized spacial score (nSPS) is 14.5. The highest BCUT2D eigenvalue weighted by molar-refractivity contribution is 4.63. The van der Waals surface area contributed by atoms with E-state index in [1.165, 1.54) is 70.9 Å².